The molecule has 3 rings (SSSR count). The highest BCUT2D eigenvalue weighted by Crippen LogP contribution is 2.44. The first-order valence-electron chi connectivity index (χ1n) is 10.8. The molecule has 2 aromatic carbocycles. The Morgan fingerprint density at radius 3 is 2.16 bits per heavy atom. The van der Waals surface area contributed by atoms with Gasteiger partial charge in [-0.3, -0.25) is 9.59 Å². The van der Waals surface area contributed by atoms with Crippen molar-refractivity contribution in [3.05, 3.63) is 59.7 Å². The van der Waals surface area contributed by atoms with Gasteiger partial charge in [0.15, 0.2) is 0 Å². The van der Waals surface area contributed by atoms with E-state index in [2.05, 4.69) is 34.9 Å². The Labute approximate surface area is 188 Å². The maximum Gasteiger partial charge on any atom is 0.407 e. The predicted molar refractivity (Wildman–Crippen MR) is 121 cm³/mol. The van der Waals surface area contributed by atoms with Crippen molar-refractivity contribution in [2.75, 3.05) is 13.2 Å². The summed E-state index contributed by atoms with van der Waals surface area (Å²) in [5.41, 5.74) is 3.77. The molecule has 2 amide bonds. The van der Waals surface area contributed by atoms with Gasteiger partial charge in [0, 0.05) is 24.4 Å². The van der Waals surface area contributed by atoms with E-state index >= 15 is 0 Å². The van der Waals surface area contributed by atoms with Gasteiger partial charge >= 0.3 is 12.1 Å². The van der Waals surface area contributed by atoms with E-state index in [9.17, 15) is 14.4 Å². The van der Waals surface area contributed by atoms with Crippen LogP contribution < -0.4 is 10.6 Å². The van der Waals surface area contributed by atoms with Gasteiger partial charge in [0.05, 0.1) is 5.92 Å². The van der Waals surface area contributed by atoms with Crippen molar-refractivity contribution < 1.29 is 24.2 Å². The zero-order valence-corrected chi connectivity index (χ0v) is 18.7. The van der Waals surface area contributed by atoms with Gasteiger partial charge in [0.25, 0.3) is 0 Å². The van der Waals surface area contributed by atoms with Crippen molar-refractivity contribution in [3.63, 3.8) is 0 Å². The molecular formula is C25H30N2O5. The quantitative estimate of drug-likeness (QED) is 0.550. The minimum Gasteiger partial charge on any atom is -0.481 e. The Kier molecular flexibility index (Phi) is 7.18. The van der Waals surface area contributed by atoms with E-state index in [0.29, 0.717) is 6.42 Å². The van der Waals surface area contributed by atoms with Crippen LogP contribution in [0.5, 0.6) is 0 Å². The lowest BCUT2D eigenvalue weighted by Gasteiger charge is -2.26. The van der Waals surface area contributed by atoms with Crippen LogP contribution in [0.3, 0.4) is 0 Å². The fraction of sp³-hybridized carbons (Fsp3) is 0.400. The molecule has 7 nitrogen and oxygen atoms in total. The lowest BCUT2D eigenvalue weighted by molar-refractivity contribution is -0.141. The van der Waals surface area contributed by atoms with E-state index in [1.165, 1.54) is 0 Å². The van der Waals surface area contributed by atoms with Crippen molar-refractivity contribution in [1.29, 1.82) is 0 Å². The monoisotopic (exact) mass is 438 g/mol. The normalized spacial score (nSPS) is 13.6. The lowest BCUT2D eigenvalue weighted by Crippen LogP contribution is -2.47. The van der Waals surface area contributed by atoms with Crippen LogP contribution in [0, 0.1) is 5.92 Å². The molecule has 0 aliphatic heterocycles. The van der Waals surface area contributed by atoms with Gasteiger partial charge in [-0.25, -0.2) is 4.79 Å². The molecule has 32 heavy (non-hydrogen) atoms. The SMILES string of the molecule is CC(CCNC(=O)CC(C)(C)NC(=O)OCC1c2ccccc2-c2ccccc21)C(=O)O. The Bertz CT molecular complexity index is 956. The molecule has 2 aromatic rings. The van der Waals surface area contributed by atoms with Crippen LogP contribution in [-0.4, -0.2) is 41.8 Å². The van der Waals surface area contributed by atoms with Crippen LogP contribution in [0.15, 0.2) is 48.5 Å². The van der Waals surface area contributed by atoms with E-state index < -0.39 is 23.5 Å². The number of fused-ring (bicyclic) bond motifs is 3. The summed E-state index contributed by atoms with van der Waals surface area (Å²) in [6.45, 7) is 5.56. The Balaban J connectivity index is 1.51. The van der Waals surface area contributed by atoms with Crippen LogP contribution in [-0.2, 0) is 14.3 Å². The van der Waals surface area contributed by atoms with Gasteiger partial charge < -0.3 is 20.5 Å². The third-order valence-electron chi connectivity index (χ3n) is 5.71. The van der Waals surface area contributed by atoms with E-state index in [1.807, 2.05) is 24.3 Å². The molecule has 1 unspecified atom stereocenters. The van der Waals surface area contributed by atoms with Gasteiger partial charge in [-0.1, -0.05) is 55.5 Å². The number of hydrogen-bond donors (Lipinski definition) is 3. The van der Waals surface area contributed by atoms with Gasteiger partial charge in [0.1, 0.15) is 6.61 Å². The zero-order valence-electron chi connectivity index (χ0n) is 18.7. The molecule has 1 atom stereocenters. The number of nitrogens with one attached hydrogen (secondary N) is 2. The molecule has 0 radical (unpaired) electrons. The highest BCUT2D eigenvalue weighted by Gasteiger charge is 2.30. The van der Waals surface area contributed by atoms with Crippen LogP contribution in [0.25, 0.3) is 11.1 Å². The second-order valence-electron chi connectivity index (χ2n) is 8.89. The van der Waals surface area contributed by atoms with Crippen LogP contribution >= 0.6 is 0 Å². The summed E-state index contributed by atoms with van der Waals surface area (Å²) in [6.07, 6.45) is -0.177. The summed E-state index contributed by atoms with van der Waals surface area (Å²) in [5, 5.41) is 14.4. The summed E-state index contributed by atoms with van der Waals surface area (Å²) in [5.74, 6) is -1.71. The van der Waals surface area contributed by atoms with Crippen LogP contribution in [0.4, 0.5) is 4.79 Å². The average molecular weight is 439 g/mol. The van der Waals surface area contributed by atoms with E-state index in [-0.39, 0.29) is 31.4 Å². The molecule has 0 fully saturated rings. The molecule has 0 aromatic heterocycles. The number of alkyl carbamates (subject to hydrolysis) is 1. The standard InChI is InChI=1S/C25H30N2O5/c1-16(23(29)30)12-13-26-22(28)14-25(2,3)27-24(31)32-15-21-19-10-6-4-8-17(19)18-9-5-7-11-20(18)21/h4-11,16,21H,12-15H2,1-3H3,(H,26,28)(H,27,31)(H,29,30). The maximum atomic E-state index is 12.5. The first kappa shape index (κ1) is 23.3. The minimum atomic E-state index is -0.892. The van der Waals surface area contributed by atoms with E-state index in [1.54, 1.807) is 20.8 Å². The predicted octanol–water partition coefficient (Wildman–Crippen LogP) is 3.92. The molecule has 7 heteroatoms. The van der Waals surface area contributed by atoms with Gasteiger partial charge in [-0.15, -0.1) is 0 Å². The number of hydrogen-bond acceptors (Lipinski definition) is 4. The average Bonchev–Trinajstić information content (AvgIpc) is 3.05. The van der Waals surface area contributed by atoms with Gasteiger partial charge in [-0.05, 0) is 42.5 Å². The molecule has 0 spiro atoms. The van der Waals surface area contributed by atoms with Crippen molar-refractivity contribution in [3.8, 4) is 11.1 Å². The Morgan fingerprint density at radius 2 is 1.59 bits per heavy atom. The lowest BCUT2D eigenvalue weighted by atomic mass is 9.98. The smallest absolute Gasteiger partial charge is 0.407 e. The van der Waals surface area contributed by atoms with E-state index in [4.69, 9.17) is 9.84 Å². The number of carboxylic acids is 1. The number of carbonyl (C=O) groups excluding carboxylic acids is 2. The first-order valence-corrected chi connectivity index (χ1v) is 10.8. The number of aliphatic carboxylic acids is 1. The highest BCUT2D eigenvalue weighted by molar-refractivity contribution is 5.80. The first-order chi connectivity index (χ1) is 15.2. The number of amides is 2. The van der Waals surface area contributed by atoms with Crippen molar-refractivity contribution >= 4 is 18.0 Å². The molecule has 3 N–H and O–H groups in total. The highest BCUT2D eigenvalue weighted by atomic mass is 16.5. The summed E-state index contributed by atoms with van der Waals surface area (Å²) >= 11 is 0. The molecule has 0 saturated carbocycles. The van der Waals surface area contributed by atoms with Crippen LogP contribution in [0.2, 0.25) is 0 Å². The minimum absolute atomic E-state index is 0.0317. The second kappa shape index (κ2) is 9.85. The Hall–Kier alpha value is -3.35. The van der Waals surface area contributed by atoms with Crippen LogP contribution in [0.1, 0.15) is 50.7 Å². The number of ether oxygens (including phenoxy) is 1. The van der Waals surface area contributed by atoms with E-state index in [0.717, 1.165) is 22.3 Å². The molecule has 0 saturated heterocycles. The fourth-order valence-electron chi connectivity index (χ4n) is 3.97. The topological polar surface area (TPSA) is 105 Å². The van der Waals surface area contributed by atoms with Gasteiger partial charge in [0.2, 0.25) is 5.91 Å². The molecule has 1 aliphatic rings. The van der Waals surface area contributed by atoms with Gasteiger partial charge in [-0.2, -0.15) is 0 Å². The third kappa shape index (κ3) is 5.66. The summed E-state index contributed by atoms with van der Waals surface area (Å²) in [7, 11) is 0. The molecule has 1 aliphatic carbocycles. The molecule has 170 valence electrons. The third-order valence-corrected chi connectivity index (χ3v) is 5.71. The molecular weight excluding hydrogens is 408 g/mol. The second-order valence-corrected chi connectivity index (χ2v) is 8.89. The van der Waals surface area contributed by atoms with Crippen molar-refractivity contribution in [2.24, 2.45) is 5.92 Å². The number of carbonyl (C=O) groups is 3. The molecule has 0 heterocycles. The number of benzene rings is 2. The zero-order chi connectivity index (χ0) is 23.3. The fourth-order valence-corrected chi connectivity index (χ4v) is 3.97. The number of carboxylic acid groups (broad SMARTS) is 1. The largest absolute Gasteiger partial charge is 0.481 e. The summed E-state index contributed by atoms with van der Waals surface area (Å²) < 4.78 is 5.55. The number of rotatable bonds is 9. The van der Waals surface area contributed by atoms with Crippen molar-refractivity contribution in [1.82, 2.24) is 10.6 Å². The summed E-state index contributed by atoms with van der Waals surface area (Å²) in [4.78, 5) is 35.5. The maximum absolute atomic E-state index is 12.5. The molecule has 0 bridgehead atoms. The van der Waals surface area contributed by atoms with Crippen molar-refractivity contribution in [2.45, 2.75) is 45.1 Å². The Morgan fingerprint density at radius 1 is 1.03 bits per heavy atom. The summed E-state index contributed by atoms with van der Waals surface area (Å²) in [6, 6.07) is 16.2.